The second-order valence-corrected chi connectivity index (χ2v) is 6.33. The largest absolute Gasteiger partial charge is 0.423 e. The van der Waals surface area contributed by atoms with Gasteiger partial charge < -0.3 is 4.74 Å². The standard InChI is InChI=1S/C24H22O3/c1-2-23(25)20-14-16-21(17-15-20)27-24(26)22-11-7-6-10-19(22)13-12-18-8-4-3-5-9-18/h3-11,14-17H,2,12-13H2,1H3. The van der Waals surface area contributed by atoms with Crippen LogP contribution in [0.2, 0.25) is 0 Å². The molecule has 0 N–H and O–H groups in total. The highest BCUT2D eigenvalue weighted by atomic mass is 16.5. The van der Waals surface area contributed by atoms with Crippen LogP contribution >= 0.6 is 0 Å². The second-order valence-electron chi connectivity index (χ2n) is 6.33. The minimum atomic E-state index is -0.381. The Kier molecular flexibility index (Phi) is 6.16. The lowest BCUT2D eigenvalue weighted by atomic mass is 10.00. The van der Waals surface area contributed by atoms with Gasteiger partial charge >= 0.3 is 5.97 Å². The highest BCUT2D eigenvalue weighted by Crippen LogP contribution is 2.18. The van der Waals surface area contributed by atoms with Crippen LogP contribution in [0.5, 0.6) is 5.75 Å². The van der Waals surface area contributed by atoms with E-state index in [2.05, 4.69) is 12.1 Å². The molecule has 0 aliphatic heterocycles. The number of hydrogen-bond donors (Lipinski definition) is 0. The third-order valence-electron chi connectivity index (χ3n) is 4.47. The number of aryl methyl sites for hydroxylation is 2. The molecule has 3 nitrogen and oxygen atoms in total. The maximum absolute atomic E-state index is 12.6. The van der Waals surface area contributed by atoms with Gasteiger partial charge in [0.2, 0.25) is 0 Å². The normalized spacial score (nSPS) is 10.4. The van der Waals surface area contributed by atoms with Crippen molar-refractivity contribution in [3.8, 4) is 5.75 Å². The van der Waals surface area contributed by atoms with Crippen LogP contribution in [0, 0.1) is 0 Å². The molecule has 0 atom stereocenters. The predicted octanol–water partition coefficient (Wildman–Crippen LogP) is 5.28. The number of benzene rings is 3. The summed E-state index contributed by atoms with van der Waals surface area (Å²) < 4.78 is 5.51. The van der Waals surface area contributed by atoms with Gasteiger partial charge in [-0.1, -0.05) is 55.5 Å². The highest BCUT2D eigenvalue weighted by Gasteiger charge is 2.14. The molecular formula is C24H22O3. The molecule has 0 fully saturated rings. The number of Topliss-reactive ketones (excluding diaryl/α,β-unsaturated/α-hetero) is 1. The molecule has 0 bridgehead atoms. The molecule has 0 heterocycles. The van der Waals surface area contributed by atoms with Gasteiger partial charge in [0.15, 0.2) is 5.78 Å². The molecule has 3 heteroatoms. The van der Waals surface area contributed by atoms with E-state index in [1.54, 1.807) is 30.3 Å². The van der Waals surface area contributed by atoms with Crippen LogP contribution in [0.1, 0.15) is 45.2 Å². The van der Waals surface area contributed by atoms with Crippen molar-refractivity contribution in [1.82, 2.24) is 0 Å². The molecular weight excluding hydrogens is 336 g/mol. The van der Waals surface area contributed by atoms with E-state index in [-0.39, 0.29) is 11.8 Å². The number of rotatable bonds is 7. The summed E-state index contributed by atoms with van der Waals surface area (Å²) >= 11 is 0. The van der Waals surface area contributed by atoms with Crippen molar-refractivity contribution in [1.29, 1.82) is 0 Å². The highest BCUT2D eigenvalue weighted by molar-refractivity contribution is 5.96. The van der Waals surface area contributed by atoms with Crippen LogP contribution in [0.25, 0.3) is 0 Å². The van der Waals surface area contributed by atoms with Crippen LogP contribution in [-0.2, 0) is 12.8 Å². The first-order chi connectivity index (χ1) is 13.2. The minimum Gasteiger partial charge on any atom is -0.423 e. The third kappa shape index (κ3) is 4.91. The van der Waals surface area contributed by atoms with Crippen molar-refractivity contribution < 1.29 is 14.3 Å². The fourth-order valence-electron chi connectivity index (χ4n) is 2.94. The third-order valence-corrected chi connectivity index (χ3v) is 4.47. The van der Waals surface area contributed by atoms with Crippen LogP contribution in [0.4, 0.5) is 0 Å². The molecule has 0 aliphatic rings. The lowest BCUT2D eigenvalue weighted by molar-refractivity contribution is 0.0733. The number of hydrogen-bond acceptors (Lipinski definition) is 3. The van der Waals surface area contributed by atoms with Crippen molar-refractivity contribution in [2.45, 2.75) is 26.2 Å². The molecule has 3 rings (SSSR count). The van der Waals surface area contributed by atoms with E-state index in [4.69, 9.17) is 4.74 Å². The number of ketones is 1. The SMILES string of the molecule is CCC(=O)c1ccc(OC(=O)c2ccccc2CCc2ccccc2)cc1. The maximum Gasteiger partial charge on any atom is 0.343 e. The first-order valence-electron chi connectivity index (χ1n) is 9.14. The summed E-state index contributed by atoms with van der Waals surface area (Å²) in [5.41, 5.74) is 3.39. The summed E-state index contributed by atoms with van der Waals surface area (Å²) in [5.74, 6) is 0.123. The number of ether oxygens (including phenoxy) is 1. The fraction of sp³-hybridized carbons (Fsp3) is 0.167. The summed E-state index contributed by atoms with van der Waals surface area (Å²) in [4.78, 5) is 24.3. The van der Waals surface area contributed by atoms with E-state index in [9.17, 15) is 9.59 Å². The molecule has 3 aromatic rings. The Labute approximate surface area is 159 Å². The maximum atomic E-state index is 12.6. The Balaban J connectivity index is 1.70. The lowest BCUT2D eigenvalue weighted by Crippen LogP contribution is -2.12. The van der Waals surface area contributed by atoms with Crippen molar-refractivity contribution in [3.63, 3.8) is 0 Å². The predicted molar refractivity (Wildman–Crippen MR) is 106 cm³/mol. The van der Waals surface area contributed by atoms with Crippen LogP contribution in [0.3, 0.4) is 0 Å². The van der Waals surface area contributed by atoms with Gasteiger partial charge in [-0.25, -0.2) is 4.79 Å². The first-order valence-corrected chi connectivity index (χ1v) is 9.14. The Morgan fingerprint density at radius 3 is 2.15 bits per heavy atom. The smallest absolute Gasteiger partial charge is 0.343 e. The summed E-state index contributed by atoms with van der Waals surface area (Å²) in [6.07, 6.45) is 2.08. The van der Waals surface area contributed by atoms with E-state index in [1.165, 1.54) is 5.56 Å². The average Bonchev–Trinajstić information content (AvgIpc) is 2.73. The Hall–Kier alpha value is -3.20. The van der Waals surface area contributed by atoms with E-state index >= 15 is 0 Å². The van der Waals surface area contributed by atoms with Crippen molar-refractivity contribution in [2.24, 2.45) is 0 Å². The number of esters is 1. The minimum absolute atomic E-state index is 0.0686. The van der Waals surface area contributed by atoms with Gasteiger partial charge in [-0.3, -0.25) is 4.79 Å². The Morgan fingerprint density at radius 2 is 1.44 bits per heavy atom. The van der Waals surface area contributed by atoms with Gasteiger partial charge in [0, 0.05) is 12.0 Å². The topological polar surface area (TPSA) is 43.4 Å². The molecule has 0 radical (unpaired) electrons. The zero-order chi connectivity index (χ0) is 19.1. The van der Waals surface area contributed by atoms with Gasteiger partial charge in [-0.05, 0) is 54.3 Å². The monoisotopic (exact) mass is 358 g/mol. The molecule has 0 aliphatic carbocycles. The van der Waals surface area contributed by atoms with Gasteiger partial charge in [0.1, 0.15) is 5.75 Å². The van der Waals surface area contributed by atoms with Crippen LogP contribution in [0.15, 0.2) is 78.9 Å². The second kappa shape index (κ2) is 8.95. The first kappa shape index (κ1) is 18.6. The van der Waals surface area contributed by atoms with Crippen molar-refractivity contribution in [3.05, 3.63) is 101 Å². The lowest BCUT2D eigenvalue weighted by Gasteiger charge is -2.10. The van der Waals surface area contributed by atoms with E-state index in [1.807, 2.05) is 43.3 Å². The van der Waals surface area contributed by atoms with E-state index < -0.39 is 0 Å². The van der Waals surface area contributed by atoms with Gasteiger partial charge in [-0.15, -0.1) is 0 Å². The molecule has 0 unspecified atom stereocenters. The molecule has 0 spiro atoms. The molecule has 136 valence electrons. The summed E-state index contributed by atoms with van der Waals surface area (Å²) in [6.45, 7) is 1.82. The molecule has 3 aromatic carbocycles. The molecule has 0 amide bonds. The van der Waals surface area contributed by atoms with Crippen LogP contribution in [-0.4, -0.2) is 11.8 Å². The average molecular weight is 358 g/mol. The van der Waals surface area contributed by atoms with Gasteiger partial charge in [0.05, 0.1) is 5.56 Å². The molecule has 0 aromatic heterocycles. The van der Waals surface area contributed by atoms with E-state index in [0.29, 0.717) is 23.3 Å². The van der Waals surface area contributed by atoms with Gasteiger partial charge in [0.25, 0.3) is 0 Å². The van der Waals surface area contributed by atoms with Crippen molar-refractivity contribution in [2.75, 3.05) is 0 Å². The summed E-state index contributed by atoms with van der Waals surface area (Å²) in [5, 5.41) is 0. The Morgan fingerprint density at radius 1 is 0.778 bits per heavy atom. The van der Waals surface area contributed by atoms with Gasteiger partial charge in [-0.2, -0.15) is 0 Å². The molecule has 0 saturated heterocycles. The number of carbonyl (C=O) groups is 2. The molecule has 27 heavy (non-hydrogen) atoms. The molecule has 0 saturated carbocycles. The zero-order valence-electron chi connectivity index (χ0n) is 15.4. The van der Waals surface area contributed by atoms with Crippen molar-refractivity contribution >= 4 is 11.8 Å². The number of carbonyl (C=O) groups excluding carboxylic acids is 2. The fourth-order valence-corrected chi connectivity index (χ4v) is 2.94. The summed E-state index contributed by atoms with van der Waals surface area (Å²) in [6, 6.07) is 24.4. The van der Waals surface area contributed by atoms with Crippen LogP contribution < -0.4 is 4.74 Å². The summed E-state index contributed by atoms with van der Waals surface area (Å²) in [7, 11) is 0. The zero-order valence-corrected chi connectivity index (χ0v) is 15.4. The van der Waals surface area contributed by atoms with E-state index in [0.717, 1.165) is 18.4 Å². The Bertz CT molecular complexity index is 912. The quantitative estimate of drug-likeness (QED) is 0.328.